The zero-order valence-corrected chi connectivity index (χ0v) is 12.7. The molecule has 0 aliphatic heterocycles. The van der Waals surface area contributed by atoms with Crippen LogP contribution >= 0.6 is 0 Å². The van der Waals surface area contributed by atoms with Gasteiger partial charge in [0, 0.05) is 0 Å². The second-order valence-corrected chi connectivity index (χ2v) is 5.23. The molecular weight excluding hydrogens is 234 g/mol. The summed E-state index contributed by atoms with van der Waals surface area (Å²) >= 11 is 0. The van der Waals surface area contributed by atoms with Crippen LogP contribution in [0.1, 0.15) is 39.7 Å². The summed E-state index contributed by atoms with van der Waals surface area (Å²) in [4.78, 5) is 0. The minimum Gasteiger partial charge on any atom is -0.494 e. The lowest BCUT2D eigenvalue weighted by atomic mass is 10.1. The number of allylic oxidation sites excluding steroid dienone is 1. The van der Waals surface area contributed by atoms with Crippen molar-refractivity contribution in [3.63, 3.8) is 0 Å². The molecule has 1 rings (SSSR count). The van der Waals surface area contributed by atoms with Crippen LogP contribution in [0.15, 0.2) is 30.3 Å². The molecule has 0 aromatic heterocycles. The molecule has 0 bridgehead atoms. The predicted molar refractivity (Wildman–Crippen MR) is 83.6 cm³/mol. The molecule has 1 aromatic carbocycles. The van der Waals surface area contributed by atoms with Crippen molar-refractivity contribution < 1.29 is 4.74 Å². The molecule has 0 fully saturated rings. The number of hydrogen-bond donors (Lipinski definition) is 1. The molecule has 0 radical (unpaired) electrons. The van der Waals surface area contributed by atoms with E-state index in [0.717, 1.165) is 25.3 Å². The Labute approximate surface area is 117 Å². The zero-order chi connectivity index (χ0) is 14.1. The van der Waals surface area contributed by atoms with Gasteiger partial charge in [-0.1, -0.05) is 32.1 Å². The lowest BCUT2D eigenvalue weighted by molar-refractivity contribution is 0.340. The average Bonchev–Trinajstić information content (AvgIpc) is 2.38. The topological polar surface area (TPSA) is 21.3 Å². The number of benzene rings is 1. The van der Waals surface area contributed by atoms with Crippen LogP contribution in [-0.2, 0) is 0 Å². The van der Waals surface area contributed by atoms with E-state index in [-0.39, 0.29) is 0 Å². The first kappa shape index (κ1) is 15.8. The van der Waals surface area contributed by atoms with Gasteiger partial charge >= 0.3 is 0 Å². The van der Waals surface area contributed by atoms with Gasteiger partial charge < -0.3 is 10.1 Å². The van der Waals surface area contributed by atoms with Crippen molar-refractivity contribution in [2.24, 2.45) is 5.92 Å². The minimum atomic E-state index is 0.714. The van der Waals surface area contributed by atoms with Crippen molar-refractivity contribution in [1.82, 2.24) is 5.32 Å². The molecule has 1 aromatic rings. The fourth-order valence-corrected chi connectivity index (χ4v) is 1.90. The highest BCUT2D eigenvalue weighted by molar-refractivity contribution is 5.64. The summed E-state index contributed by atoms with van der Waals surface area (Å²) in [5.74, 6) is 1.67. The van der Waals surface area contributed by atoms with Gasteiger partial charge in [0.1, 0.15) is 5.75 Å². The molecule has 0 aliphatic carbocycles. The summed E-state index contributed by atoms with van der Waals surface area (Å²) in [7, 11) is 0. The van der Waals surface area contributed by atoms with Crippen molar-refractivity contribution in [2.45, 2.75) is 34.1 Å². The Bertz CT molecular complexity index is 396. The number of rotatable bonds is 8. The molecule has 0 unspecified atom stereocenters. The second-order valence-electron chi connectivity index (χ2n) is 5.23. The summed E-state index contributed by atoms with van der Waals surface area (Å²) in [6, 6.07) is 8.30. The van der Waals surface area contributed by atoms with Crippen LogP contribution < -0.4 is 10.1 Å². The van der Waals surface area contributed by atoms with E-state index >= 15 is 0 Å². The first-order chi connectivity index (χ1) is 9.13. The quantitative estimate of drug-likeness (QED) is 0.711. The number of hydrogen-bond acceptors (Lipinski definition) is 2. The highest BCUT2D eigenvalue weighted by atomic mass is 16.5. The van der Waals surface area contributed by atoms with Gasteiger partial charge in [-0.3, -0.25) is 0 Å². The molecule has 1 N–H and O–H groups in total. The Morgan fingerprint density at radius 2 is 2.16 bits per heavy atom. The Morgan fingerprint density at radius 1 is 1.37 bits per heavy atom. The van der Waals surface area contributed by atoms with Crippen LogP contribution in [0.25, 0.3) is 5.57 Å². The van der Waals surface area contributed by atoms with E-state index in [1.807, 2.05) is 13.0 Å². The standard InChI is InChI=1S/C17H27NO/c1-5-19-17-10-6-9-16(12-17)15(4)8-7-11-18-13-14(2)3/h6,8-10,12,14,18H,5,7,11,13H2,1-4H3. The fraction of sp³-hybridized carbons (Fsp3) is 0.529. The summed E-state index contributed by atoms with van der Waals surface area (Å²) in [6.45, 7) is 11.5. The molecule has 0 heterocycles. The molecule has 0 spiro atoms. The van der Waals surface area contributed by atoms with E-state index in [2.05, 4.69) is 50.4 Å². The van der Waals surface area contributed by atoms with Crippen LogP contribution in [0, 0.1) is 5.92 Å². The molecule has 2 heteroatoms. The van der Waals surface area contributed by atoms with Crippen molar-refractivity contribution in [1.29, 1.82) is 0 Å². The largest absolute Gasteiger partial charge is 0.494 e. The van der Waals surface area contributed by atoms with Crippen molar-refractivity contribution in [3.8, 4) is 5.75 Å². The molecule has 2 nitrogen and oxygen atoms in total. The predicted octanol–water partition coefficient (Wildman–Crippen LogP) is 4.12. The van der Waals surface area contributed by atoms with Crippen molar-refractivity contribution in [2.75, 3.05) is 19.7 Å². The minimum absolute atomic E-state index is 0.714. The monoisotopic (exact) mass is 261 g/mol. The summed E-state index contributed by atoms with van der Waals surface area (Å²) in [6.07, 6.45) is 3.36. The van der Waals surface area contributed by atoms with Crippen LogP contribution in [0.3, 0.4) is 0 Å². The van der Waals surface area contributed by atoms with E-state index in [9.17, 15) is 0 Å². The summed E-state index contributed by atoms with van der Waals surface area (Å²) in [5, 5.41) is 3.45. The zero-order valence-electron chi connectivity index (χ0n) is 12.7. The smallest absolute Gasteiger partial charge is 0.119 e. The molecule has 106 valence electrons. The lowest BCUT2D eigenvalue weighted by Gasteiger charge is -2.08. The van der Waals surface area contributed by atoms with Gasteiger partial charge in [0.2, 0.25) is 0 Å². The summed E-state index contributed by atoms with van der Waals surface area (Å²) < 4.78 is 5.53. The first-order valence-electron chi connectivity index (χ1n) is 7.24. The van der Waals surface area contributed by atoms with Crippen molar-refractivity contribution in [3.05, 3.63) is 35.9 Å². The Kier molecular flexibility index (Phi) is 7.27. The van der Waals surface area contributed by atoms with Gasteiger partial charge in [-0.2, -0.15) is 0 Å². The van der Waals surface area contributed by atoms with E-state index < -0.39 is 0 Å². The number of ether oxygens (including phenoxy) is 1. The highest BCUT2D eigenvalue weighted by Gasteiger charge is 1.98. The van der Waals surface area contributed by atoms with Gasteiger partial charge in [-0.25, -0.2) is 0 Å². The van der Waals surface area contributed by atoms with Gasteiger partial charge in [0.25, 0.3) is 0 Å². The maximum Gasteiger partial charge on any atom is 0.119 e. The van der Waals surface area contributed by atoms with E-state index in [1.54, 1.807) is 0 Å². The van der Waals surface area contributed by atoms with Crippen LogP contribution in [0.5, 0.6) is 5.75 Å². The molecule has 19 heavy (non-hydrogen) atoms. The average molecular weight is 261 g/mol. The lowest BCUT2D eigenvalue weighted by Crippen LogP contribution is -2.20. The molecule has 0 amide bonds. The van der Waals surface area contributed by atoms with Gasteiger partial charge in [-0.05, 0) is 62.5 Å². The third-order valence-electron chi connectivity index (χ3n) is 2.92. The number of nitrogens with one attached hydrogen (secondary N) is 1. The van der Waals surface area contributed by atoms with Crippen LogP contribution in [-0.4, -0.2) is 19.7 Å². The van der Waals surface area contributed by atoms with Gasteiger partial charge in [-0.15, -0.1) is 0 Å². The Morgan fingerprint density at radius 3 is 2.84 bits per heavy atom. The fourth-order valence-electron chi connectivity index (χ4n) is 1.90. The molecular formula is C17H27NO. The Balaban J connectivity index is 2.47. The third kappa shape index (κ3) is 6.44. The first-order valence-corrected chi connectivity index (χ1v) is 7.24. The van der Waals surface area contributed by atoms with E-state index in [0.29, 0.717) is 12.5 Å². The SMILES string of the molecule is CCOc1cccc(C(C)=CCCNCC(C)C)c1. The molecule has 0 aliphatic rings. The maximum absolute atomic E-state index is 5.53. The van der Waals surface area contributed by atoms with E-state index in [1.165, 1.54) is 11.1 Å². The highest BCUT2D eigenvalue weighted by Crippen LogP contribution is 2.20. The molecule has 0 atom stereocenters. The summed E-state index contributed by atoms with van der Waals surface area (Å²) in [5.41, 5.74) is 2.56. The van der Waals surface area contributed by atoms with Crippen LogP contribution in [0.2, 0.25) is 0 Å². The normalized spacial score (nSPS) is 11.9. The third-order valence-corrected chi connectivity index (χ3v) is 2.92. The van der Waals surface area contributed by atoms with E-state index in [4.69, 9.17) is 4.74 Å². The van der Waals surface area contributed by atoms with Gasteiger partial charge in [0.05, 0.1) is 6.61 Å². The van der Waals surface area contributed by atoms with Crippen LogP contribution in [0.4, 0.5) is 0 Å². The Hall–Kier alpha value is -1.28. The van der Waals surface area contributed by atoms with Crippen molar-refractivity contribution >= 4 is 5.57 Å². The van der Waals surface area contributed by atoms with Gasteiger partial charge in [0.15, 0.2) is 0 Å². The molecule has 0 saturated heterocycles. The molecule has 0 saturated carbocycles. The second kappa shape index (κ2) is 8.76. The maximum atomic E-state index is 5.53.